The van der Waals surface area contributed by atoms with E-state index in [1.807, 2.05) is 6.92 Å². The van der Waals surface area contributed by atoms with Crippen molar-refractivity contribution < 1.29 is 14.3 Å². The van der Waals surface area contributed by atoms with Gasteiger partial charge in [0.15, 0.2) is 0 Å². The van der Waals surface area contributed by atoms with Crippen LogP contribution in [0.5, 0.6) is 0 Å². The molecule has 0 saturated carbocycles. The van der Waals surface area contributed by atoms with Gasteiger partial charge in [0, 0.05) is 19.8 Å². The van der Waals surface area contributed by atoms with Gasteiger partial charge in [-0.15, -0.1) is 0 Å². The van der Waals surface area contributed by atoms with Crippen LogP contribution in [0.4, 0.5) is 0 Å². The molecule has 1 N–H and O–H groups in total. The predicted octanol–water partition coefficient (Wildman–Crippen LogP) is 0.317. The molecule has 1 fully saturated rings. The van der Waals surface area contributed by atoms with E-state index in [1.54, 1.807) is 0 Å². The summed E-state index contributed by atoms with van der Waals surface area (Å²) in [7, 11) is 1.52. The summed E-state index contributed by atoms with van der Waals surface area (Å²) in [5.74, 6) is -0.0402. The smallest absolute Gasteiger partial charge is 0.246 e. The fourth-order valence-corrected chi connectivity index (χ4v) is 1.53. The molecule has 1 aliphatic heterocycles. The molecule has 13 heavy (non-hydrogen) atoms. The van der Waals surface area contributed by atoms with Crippen molar-refractivity contribution in [1.29, 1.82) is 0 Å². The lowest BCUT2D eigenvalue weighted by atomic mass is 10.0. The van der Waals surface area contributed by atoms with Crippen molar-refractivity contribution in [3.8, 4) is 0 Å². The highest BCUT2D eigenvalue weighted by Crippen LogP contribution is 2.12. The van der Waals surface area contributed by atoms with E-state index in [-0.39, 0.29) is 24.7 Å². The molecule has 0 aliphatic carbocycles. The maximum Gasteiger partial charge on any atom is 0.246 e. The highest BCUT2D eigenvalue weighted by atomic mass is 16.5. The highest BCUT2D eigenvalue weighted by molar-refractivity contribution is 5.77. The third-order valence-electron chi connectivity index (χ3n) is 2.13. The minimum absolute atomic E-state index is 0.0402. The summed E-state index contributed by atoms with van der Waals surface area (Å²) in [5.41, 5.74) is 0. The van der Waals surface area contributed by atoms with E-state index in [1.165, 1.54) is 7.11 Å². The SMILES string of the molecule is COCC(=O)NC1CCOC(C)C1. The molecule has 4 heteroatoms. The molecule has 2 unspecified atom stereocenters. The van der Waals surface area contributed by atoms with E-state index in [0.717, 1.165) is 19.4 Å². The van der Waals surface area contributed by atoms with Crippen LogP contribution < -0.4 is 5.32 Å². The van der Waals surface area contributed by atoms with Crippen LogP contribution in [0.25, 0.3) is 0 Å². The van der Waals surface area contributed by atoms with Crippen molar-refractivity contribution >= 4 is 5.91 Å². The van der Waals surface area contributed by atoms with Gasteiger partial charge in [-0.1, -0.05) is 0 Å². The molecule has 2 atom stereocenters. The second-order valence-electron chi connectivity index (χ2n) is 3.40. The zero-order valence-electron chi connectivity index (χ0n) is 8.21. The third kappa shape index (κ3) is 3.74. The summed E-state index contributed by atoms with van der Waals surface area (Å²) >= 11 is 0. The van der Waals surface area contributed by atoms with E-state index >= 15 is 0 Å². The second kappa shape index (κ2) is 5.19. The molecule has 1 saturated heterocycles. The average Bonchev–Trinajstić information content (AvgIpc) is 2.04. The van der Waals surface area contributed by atoms with Crippen LogP contribution in [-0.2, 0) is 14.3 Å². The lowest BCUT2D eigenvalue weighted by Gasteiger charge is -2.27. The van der Waals surface area contributed by atoms with Crippen LogP contribution in [0, 0.1) is 0 Å². The summed E-state index contributed by atoms with van der Waals surface area (Å²) < 4.78 is 10.1. The Balaban J connectivity index is 2.23. The molecule has 0 aromatic rings. The number of hydrogen-bond donors (Lipinski definition) is 1. The first-order valence-corrected chi connectivity index (χ1v) is 4.62. The van der Waals surface area contributed by atoms with E-state index in [9.17, 15) is 4.79 Å². The molecule has 4 nitrogen and oxygen atoms in total. The maximum absolute atomic E-state index is 11.1. The zero-order chi connectivity index (χ0) is 9.68. The van der Waals surface area contributed by atoms with Gasteiger partial charge in [0.1, 0.15) is 6.61 Å². The van der Waals surface area contributed by atoms with E-state index < -0.39 is 0 Å². The van der Waals surface area contributed by atoms with Crippen LogP contribution in [0.1, 0.15) is 19.8 Å². The Morgan fingerprint density at radius 3 is 3.08 bits per heavy atom. The number of rotatable bonds is 3. The Labute approximate surface area is 78.6 Å². The molecule has 1 rings (SSSR count). The lowest BCUT2D eigenvalue weighted by molar-refractivity contribution is -0.126. The normalized spacial score (nSPS) is 28.5. The van der Waals surface area contributed by atoms with Gasteiger partial charge in [0.05, 0.1) is 6.10 Å². The third-order valence-corrected chi connectivity index (χ3v) is 2.13. The molecular weight excluding hydrogens is 170 g/mol. The number of hydrogen-bond acceptors (Lipinski definition) is 3. The monoisotopic (exact) mass is 187 g/mol. The van der Waals surface area contributed by atoms with Gasteiger partial charge in [0.25, 0.3) is 0 Å². The van der Waals surface area contributed by atoms with Crippen LogP contribution in [0.15, 0.2) is 0 Å². The standard InChI is InChI=1S/C9H17NO3/c1-7-5-8(3-4-13-7)10-9(11)6-12-2/h7-8H,3-6H2,1-2H3,(H,10,11). The molecular formula is C9H17NO3. The average molecular weight is 187 g/mol. The van der Waals surface area contributed by atoms with Crippen molar-refractivity contribution in [3.05, 3.63) is 0 Å². The number of nitrogens with one attached hydrogen (secondary N) is 1. The number of methoxy groups -OCH3 is 1. The molecule has 76 valence electrons. The summed E-state index contributed by atoms with van der Waals surface area (Å²) in [6.07, 6.45) is 2.05. The van der Waals surface area contributed by atoms with Gasteiger partial charge in [-0.05, 0) is 19.8 Å². The fourth-order valence-electron chi connectivity index (χ4n) is 1.53. The molecule has 0 bridgehead atoms. The Morgan fingerprint density at radius 1 is 1.69 bits per heavy atom. The fraction of sp³-hybridized carbons (Fsp3) is 0.889. The zero-order valence-corrected chi connectivity index (χ0v) is 8.21. The van der Waals surface area contributed by atoms with Crippen LogP contribution in [0.3, 0.4) is 0 Å². The van der Waals surface area contributed by atoms with Crippen LogP contribution in [-0.4, -0.2) is 38.4 Å². The number of amides is 1. The maximum atomic E-state index is 11.1. The molecule has 0 aromatic heterocycles. The summed E-state index contributed by atoms with van der Waals surface area (Å²) in [6.45, 7) is 2.90. The number of ether oxygens (including phenoxy) is 2. The van der Waals surface area contributed by atoms with Gasteiger partial charge in [0.2, 0.25) is 5.91 Å². The van der Waals surface area contributed by atoms with Gasteiger partial charge in [-0.2, -0.15) is 0 Å². The molecule has 0 aromatic carbocycles. The highest BCUT2D eigenvalue weighted by Gasteiger charge is 2.20. The van der Waals surface area contributed by atoms with Gasteiger partial charge in [-0.25, -0.2) is 0 Å². The Morgan fingerprint density at radius 2 is 2.46 bits per heavy atom. The van der Waals surface area contributed by atoms with E-state index in [4.69, 9.17) is 9.47 Å². The minimum atomic E-state index is -0.0402. The van der Waals surface area contributed by atoms with Gasteiger partial charge < -0.3 is 14.8 Å². The molecule has 1 heterocycles. The predicted molar refractivity (Wildman–Crippen MR) is 48.5 cm³/mol. The quantitative estimate of drug-likeness (QED) is 0.692. The topological polar surface area (TPSA) is 47.6 Å². The van der Waals surface area contributed by atoms with Crippen LogP contribution >= 0.6 is 0 Å². The molecule has 0 radical (unpaired) electrons. The van der Waals surface area contributed by atoms with Crippen molar-refractivity contribution in [2.24, 2.45) is 0 Å². The molecule has 1 aliphatic rings. The van der Waals surface area contributed by atoms with Crippen molar-refractivity contribution in [2.75, 3.05) is 20.3 Å². The Kier molecular flexibility index (Phi) is 4.18. The first-order chi connectivity index (χ1) is 6.22. The summed E-state index contributed by atoms with van der Waals surface area (Å²) in [5, 5.41) is 2.91. The summed E-state index contributed by atoms with van der Waals surface area (Å²) in [6, 6.07) is 0.256. The molecule has 0 spiro atoms. The second-order valence-corrected chi connectivity index (χ2v) is 3.40. The van der Waals surface area contributed by atoms with Crippen LogP contribution in [0.2, 0.25) is 0 Å². The van der Waals surface area contributed by atoms with Crippen molar-refractivity contribution in [1.82, 2.24) is 5.32 Å². The number of carbonyl (C=O) groups excluding carboxylic acids is 1. The Hall–Kier alpha value is -0.610. The largest absolute Gasteiger partial charge is 0.378 e. The first kappa shape index (κ1) is 10.5. The number of carbonyl (C=O) groups is 1. The Bertz CT molecular complexity index is 172. The first-order valence-electron chi connectivity index (χ1n) is 4.62. The summed E-state index contributed by atoms with van der Waals surface area (Å²) in [4.78, 5) is 11.1. The van der Waals surface area contributed by atoms with E-state index in [2.05, 4.69) is 5.32 Å². The van der Waals surface area contributed by atoms with Crippen molar-refractivity contribution in [3.63, 3.8) is 0 Å². The molecule has 1 amide bonds. The lowest BCUT2D eigenvalue weighted by Crippen LogP contribution is -2.42. The van der Waals surface area contributed by atoms with Crippen molar-refractivity contribution in [2.45, 2.75) is 31.9 Å². The minimum Gasteiger partial charge on any atom is -0.378 e. The van der Waals surface area contributed by atoms with E-state index in [0.29, 0.717) is 0 Å². The van der Waals surface area contributed by atoms with Gasteiger partial charge >= 0.3 is 0 Å². The van der Waals surface area contributed by atoms with Gasteiger partial charge in [-0.3, -0.25) is 4.79 Å².